The lowest BCUT2D eigenvalue weighted by atomic mass is 10.0. The molecular formula is C14H24Cl2N2O. The Balaban J connectivity index is 0.00000162. The molecular weight excluding hydrogens is 283 g/mol. The normalized spacial score (nSPS) is 15.5. The molecule has 0 bridgehead atoms. The maximum Gasteiger partial charge on any atom is 0.118 e. The maximum atomic E-state index is 5.17. The van der Waals surface area contributed by atoms with Crippen molar-refractivity contribution in [2.75, 3.05) is 27.2 Å². The first-order valence-electron chi connectivity index (χ1n) is 6.33. The summed E-state index contributed by atoms with van der Waals surface area (Å²) in [7, 11) is 3.93. The summed E-state index contributed by atoms with van der Waals surface area (Å²) in [5, 5.41) is 3.41. The Hall–Kier alpha value is -0.480. The van der Waals surface area contributed by atoms with Crippen molar-refractivity contribution in [2.45, 2.75) is 25.4 Å². The van der Waals surface area contributed by atoms with Crippen LogP contribution in [-0.2, 0) is 6.54 Å². The predicted octanol–water partition coefficient (Wildman–Crippen LogP) is 2.72. The molecule has 0 aliphatic carbocycles. The zero-order chi connectivity index (χ0) is 12.1. The Morgan fingerprint density at radius 2 is 1.74 bits per heavy atom. The highest BCUT2D eigenvalue weighted by Gasteiger charge is 2.17. The fourth-order valence-corrected chi connectivity index (χ4v) is 2.40. The molecule has 19 heavy (non-hydrogen) atoms. The van der Waals surface area contributed by atoms with E-state index in [9.17, 15) is 0 Å². The Labute approximate surface area is 128 Å². The smallest absolute Gasteiger partial charge is 0.118 e. The molecule has 110 valence electrons. The van der Waals surface area contributed by atoms with Crippen molar-refractivity contribution in [3.63, 3.8) is 0 Å². The average molecular weight is 307 g/mol. The van der Waals surface area contributed by atoms with E-state index < -0.39 is 0 Å². The van der Waals surface area contributed by atoms with Crippen LogP contribution in [0.2, 0.25) is 0 Å². The molecule has 5 heteroatoms. The molecule has 1 saturated heterocycles. The topological polar surface area (TPSA) is 24.5 Å². The molecule has 1 aliphatic rings. The molecule has 0 radical (unpaired) electrons. The molecule has 3 nitrogen and oxygen atoms in total. The maximum absolute atomic E-state index is 5.17. The van der Waals surface area contributed by atoms with E-state index in [0.717, 1.165) is 31.4 Å². The second-order valence-corrected chi connectivity index (χ2v) is 4.74. The van der Waals surface area contributed by atoms with Crippen molar-refractivity contribution in [1.82, 2.24) is 10.2 Å². The van der Waals surface area contributed by atoms with Gasteiger partial charge in [0.25, 0.3) is 0 Å². The van der Waals surface area contributed by atoms with Gasteiger partial charge in [-0.3, -0.25) is 4.90 Å². The number of halogens is 2. The number of methoxy groups -OCH3 is 1. The Morgan fingerprint density at radius 3 is 2.26 bits per heavy atom. The Morgan fingerprint density at radius 1 is 1.16 bits per heavy atom. The van der Waals surface area contributed by atoms with Crippen molar-refractivity contribution < 1.29 is 4.74 Å². The van der Waals surface area contributed by atoms with Crippen molar-refractivity contribution >= 4 is 24.8 Å². The summed E-state index contributed by atoms with van der Waals surface area (Å²) in [6.45, 7) is 3.32. The second kappa shape index (κ2) is 9.43. The van der Waals surface area contributed by atoms with Gasteiger partial charge >= 0.3 is 0 Å². The van der Waals surface area contributed by atoms with Crippen molar-refractivity contribution in [2.24, 2.45) is 0 Å². The van der Waals surface area contributed by atoms with Gasteiger partial charge in [0.1, 0.15) is 5.75 Å². The predicted molar refractivity (Wildman–Crippen MR) is 84.8 cm³/mol. The van der Waals surface area contributed by atoms with Gasteiger partial charge in [0.05, 0.1) is 7.11 Å². The van der Waals surface area contributed by atoms with Gasteiger partial charge in [-0.05, 0) is 50.7 Å². The molecule has 0 unspecified atom stereocenters. The number of piperidine rings is 1. The molecule has 0 atom stereocenters. The molecule has 1 heterocycles. The van der Waals surface area contributed by atoms with Gasteiger partial charge in [-0.25, -0.2) is 0 Å². The van der Waals surface area contributed by atoms with Crippen LogP contribution in [0.4, 0.5) is 0 Å². The summed E-state index contributed by atoms with van der Waals surface area (Å²) in [4.78, 5) is 2.46. The Bertz CT molecular complexity index is 340. The summed E-state index contributed by atoms with van der Waals surface area (Å²) in [5.74, 6) is 0.929. The minimum atomic E-state index is 0. The van der Waals surface area contributed by atoms with E-state index in [1.165, 1.54) is 18.4 Å². The van der Waals surface area contributed by atoms with Crippen LogP contribution in [0.3, 0.4) is 0 Å². The number of ether oxygens (including phenoxy) is 1. The van der Waals surface area contributed by atoms with Crippen LogP contribution >= 0.6 is 24.8 Å². The van der Waals surface area contributed by atoms with Gasteiger partial charge in [-0.2, -0.15) is 0 Å². The molecule has 1 fully saturated rings. The minimum Gasteiger partial charge on any atom is -0.497 e. The van der Waals surface area contributed by atoms with Gasteiger partial charge in [0, 0.05) is 12.6 Å². The van der Waals surface area contributed by atoms with Crippen LogP contribution in [0.5, 0.6) is 5.75 Å². The van der Waals surface area contributed by atoms with E-state index in [2.05, 4.69) is 29.4 Å². The van der Waals surface area contributed by atoms with E-state index in [4.69, 9.17) is 4.74 Å². The largest absolute Gasteiger partial charge is 0.497 e. The van der Waals surface area contributed by atoms with Gasteiger partial charge in [0.2, 0.25) is 0 Å². The van der Waals surface area contributed by atoms with Crippen LogP contribution < -0.4 is 10.1 Å². The third kappa shape index (κ3) is 5.57. The highest BCUT2D eigenvalue weighted by Crippen LogP contribution is 2.16. The lowest BCUT2D eigenvalue weighted by molar-refractivity contribution is 0.192. The van der Waals surface area contributed by atoms with Gasteiger partial charge < -0.3 is 10.1 Å². The van der Waals surface area contributed by atoms with Crippen molar-refractivity contribution in [3.8, 4) is 5.75 Å². The fourth-order valence-electron chi connectivity index (χ4n) is 2.40. The number of rotatable bonds is 4. The first-order valence-corrected chi connectivity index (χ1v) is 6.33. The number of nitrogens with zero attached hydrogens (tertiary/aromatic N) is 1. The van der Waals surface area contributed by atoms with Crippen LogP contribution in [-0.4, -0.2) is 38.2 Å². The lowest BCUT2D eigenvalue weighted by Crippen LogP contribution is -2.40. The lowest BCUT2D eigenvalue weighted by Gasteiger charge is -2.31. The van der Waals surface area contributed by atoms with Gasteiger partial charge in [0.15, 0.2) is 0 Å². The van der Waals surface area contributed by atoms with Crippen LogP contribution in [0.1, 0.15) is 18.4 Å². The third-order valence-electron chi connectivity index (χ3n) is 3.52. The monoisotopic (exact) mass is 306 g/mol. The SMILES string of the molecule is COc1ccc(CN(C)C2CCNCC2)cc1.Cl.Cl. The van der Waals surface area contributed by atoms with E-state index in [-0.39, 0.29) is 24.8 Å². The van der Waals surface area contributed by atoms with E-state index in [1.807, 2.05) is 12.1 Å². The highest BCUT2D eigenvalue weighted by atomic mass is 35.5. The molecule has 1 aliphatic heterocycles. The van der Waals surface area contributed by atoms with E-state index in [0.29, 0.717) is 0 Å². The average Bonchev–Trinajstić information content (AvgIpc) is 2.40. The molecule has 0 amide bonds. The number of benzene rings is 1. The quantitative estimate of drug-likeness (QED) is 0.926. The number of nitrogens with one attached hydrogen (secondary N) is 1. The molecule has 0 spiro atoms. The highest BCUT2D eigenvalue weighted by molar-refractivity contribution is 5.85. The molecule has 1 aromatic rings. The standard InChI is InChI=1S/C14H22N2O.2ClH/c1-16(13-7-9-15-10-8-13)11-12-3-5-14(17-2)6-4-12;;/h3-6,13,15H,7-11H2,1-2H3;2*1H. The first-order chi connectivity index (χ1) is 8.29. The van der Waals surface area contributed by atoms with E-state index in [1.54, 1.807) is 7.11 Å². The summed E-state index contributed by atoms with van der Waals surface area (Å²) in [6, 6.07) is 9.09. The molecule has 2 rings (SSSR count). The molecule has 0 aromatic heterocycles. The second-order valence-electron chi connectivity index (χ2n) is 4.74. The zero-order valence-electron chi connectivity index (χ0n) is 11.6. The fraction of sp³-hybridized carbons (Fsp3) is 0.571. The zero-order valence-corrected chi connectivity index (χ0v) is 13.2. The van der Waals surface area contributed by atoms with Gasteiger partial charge in [-0.15, -0.1) is 24.8 Å². The van der Waals surface area contributed by atoms with Crippen molar-refractivity contribution in [3.05, 3.63) is 29.8 Å². The first kappa shape index (κ1) is 18.5. The summed E-state index contributed by atoms with van der Waals surface area (Å²) >= 11 is 0. The molecule has 1 aromatic carbocycles. The number of hydrogen-bond acceptors (Lipinski definition) is 3. The minimum absolute atomic E-state index is 0. The van der Waals surface area contributed by atoms with Crippen LogP contribution in [0.25, 0.3) is 0 Å². The van der Waals surface area contributed by atoms with E-state index >= 15 is 0 Å². The van der Waals surface area contributed by atoms with Crippen LogP contribution in [0, 0.1) is 0 Å². The molecule has 0 saturated carbocycles. The van der Waals surface area contributed by atoms with Gasteiger partial charge in [-0.1, -0.05) is 12.1 Å². The molecule has 1 N–H and O–H groups in total. The summed E-state index contributed by atoms with van der Waals surface area (Å²) in [5.41, 5.74) is 1.35. The third-order valence-corrected chi connectivity index (χ3v) is 3.52. The number of hydrogen-bond donors (Lipinski definition) is 1. The van der Waals surface area contributed by atoms with Crippen molar-refractivity contribution in [1.29, 1.82) is 0 Å². The Kier molecular flexibility index (Phi) is 9.19. The summed E-state index contributed by atoms with van der Waals surface area (Å²) < 4.78 is 5.17. The summed E-state index contributed by atoms with van der Waals surface area (Å²) in [6.07, 6.45) is 2.51. The van der Waals surface area contributed by atoms with Crippen LogP contribution in [0.15, 0.2) is 24.3 Å².